The molecule has 0 aromatic carbocycles. The summed E-state index contributed by atoms with van der Waals surface area (Å²) in [6.45, 7) is 19.1. The molecular formula is C54H94O4. The topological polar surface area (TPSA) is 80.9 Å². The maximum atomic E-state index is 11.6. The van der Waals surface area contributed by atoms with Gasteiger partial charge in [0.2, 0.25) is 0 Å². The van der Waals surface area contributed by atoms with Crippen LogP contribution in [0, 0.1) is 74.9 Å². The molecule has 4 N–H and O–H groups in total. The maximum absolute atomic E-state index is 11.6. The lowest BCUT2D eigenvalue weighted by atomic mass is 9.44. The van der Waals surface area contributed by atoms with Crippen LogP contribution in [0.4, 0.5) is 0 Å². The highest BCUT2D eigenvalue weighted by atomic mass is 16.3. The number of fused-ring (bicyclic) bond motifs is 10. The van der Waals surface area contributed by atoms with Gasteiger partial charge < -0.3 is 20.4 Å². The highest BCUT2D eigenvalue weighted by Crippen LogP contribution is 2.70. The Morgan fingerprint density at radius 3 is 1.66 bits per heavy atom. The van der Waals surface area contributed by atoms with Crippen molar-refractivity contribution in [2.24, 2.45) is 74.9 Å². The number of aliphatic hydroxyl groups is 4. The SMILES string of the molecule is CCCCCC[C@](C)(O)[C@H]1CC[C@H]2[C@@H]3CC=C4C[C@@H](O)CC[C@]4(C)[C@H]3CC[C@@]21C.CCCCCC[C@](C)(O)[C@H]1CC[C@H]2[C@@H]3CC[C@H]4C[C@@H](O)CC[C@]4(C)[C@H]3CC[C@@]21C. The van der Waals surface area contributed by atoms with Crippen LogP contribution < -0.4 is 0 Å². The molecule has 7 saturated carbocycles. The van der Waals surface area contributed by atoms with Crippen molar-refractivity contribution < 1.29 is 20.4 Å². The molecule has 0 radical (unpaired) electrons. The lowest BCUT2D eigenvalue weighted by Gasteiger charge is -2.61. The van der Waals surface area contributed by atoms with Gasteiger partial charge in [0.1, 0.15) is 0 Å². The third kappa shape index (κ3) is 8.26. The molecular weight excluding hydrogens is 713 g/mol. The Hall–Kier alpha value is -0.420. The van der Waals surface area contributed by atoms with Crippen LogP contribution in [0.3, 0.4) is 0 Å². The number of hydrogen-bond donors (Lipinski definition) is 4. The molecule has 0 heterocycles. The average Bonchev–Trinajstić information content (AvgIpc) is 3.74. The predicted molar refractivity (Wildman–Crippen MR) is 241 cm³/mol. The number of rotatable bonds is 12. The summed E-state index contributed by atoms with van der Waals surface area (Å²) in [4.78, 5) is 0. The van der Waals surface area contributed by atoms with Crippen LogP contribution in [-0.4, -0.2) is 43.8 Å². The molecule has 4 nitrogen and oxygen atoms in total. The number of allylic oxidation sites excluding steroid dienone is 1. The summed E-state index contributed by atoms with van der Waals surface area (Å²) < 4.78 is 0. The van der Waals surface area contributed by atoms with Gasteiger partial charge in [-0.3, -0.25) is 0 Å². The molecule has 334 valence electrons. The summed E-state index contributed by atoms with van der Waals surface area (Å²) in [6, 6.07) is 0. The quantitative estimate of drug-likeness (QED) is 0.117. The second kappa shape index (κ2) is 17.6. The molecule has 8 rings (SSSR count). The van der Waals surface area contributed by atoms with Crippen molar-refractivity contribution in [2.45, 2.75) is 252 Å². The van der Waals surface area contributed by atoms with E-state index >= 15 is 0 Å². The highest BCUT2D eigenvalue weighted by Gasteiger charge is 2.63. The first-order chi connectivity index (χ1) is 27.4. The average molecular weight is 807 g/mol. The largest absolute Gasteiger partial charge is 0.393 e. The molecule has 0 bridgehead atoms. The lowest BCUT2D eigenvalue weighted by Crippen LogP contribution is -2.55. The molecule has 0 saturated heterocycles. The fourth-order valence-electron chi connectivity index (χ4n) is 18.1. The third-order valence-electron chi connectivity index (χ3n) is 21.3. The Balaban J connectivity index is 0.000000177. The minimum Gasteiger partial charge on any atom is -0.393 e. The van der Waals surface area contributed by atoms with Crippen molar-refractivity contribution in [1.29, 1.82) is 0 Å². The van der Waals surface area contributed by atoms with E-state index < -0.39 is 11.2 Å². The van der Waals surface area contributed by atoms with Crippen LogP contribution >= 0.6 is 0 Å². The fraction of sp³-hybridized carbons (Fsp3) is 0.963. The van der Waals surface area contributed by atoms with Crippen molar-refractivity contribution in [2.75, 3.05) is 0 Å². The van der Waals surface area contributed by atoms with E-state index in [9.17, 15) is 20.4 Å². The van der Waals surface area contributed by atoms with Gasteiger partial charge in [-0.2, -0.15) is 0 Å². The summed E-state index contributed by atoms with van der Waals surface area (Å²) in [6.07, 6.45) is 35.1. The molecule has 0 unspecified atom stereocenters. The summed E-state index contributed by atoms with van der Waals surface area (Å²) in [7, 11) is 0. The fourth-order valence-corrected chi connectivity index (χ4v) is 18.1. The van der Waals surface area contributed by atoms with Gasteiger partial charge in [-0.25, -0.2) is 0 Å². The maximum Gasteiger partial charge on any atom is 0.0653 e. The van der Waals surface area contributed by atoms with Crippen LogP contribution in [0.25, 0.3) is 0 Å². The Morgan fingerprint density at radius 2 is 1.07 bits per heavy atom. The van der Waals surface area contributed by atoms with Gasteiger partial charge in [0.25, 0.3) is 0 Å². The van der Waals surface area contributed by atoms with Crippen molar-refractivity contribution in [3.8, 4) is 0 Å². The first kappa shape index (κ1) is 45.6. The molecule has 4 heteroatoms. The van der Waals surface area contributed by atoms with Crippen molar-refractivity contribution >= 4 is 0 Å². The summed E-state index contributed by atoms with van der Waals surface area (Å²) in [5.41, 5.74) is 2.02. The monoisotopic (exact) mass is 807 g/mol. The number of unbranched alkanes of at least 4 members (excludes halogenated alkanes) is 6. The predicted octanol–water partition coefficient (Wildman–Crippen LogP) is 13.4. The molecule has 8 aliphatic rings. The second-order valence-electron chi connectivity index (χ2n) is 24.4. The molecule has 0 aliphatic heterocycles. The molecule has 17 atom stereocenters. The van der Waals surface area contributed by atoms with Gasteiger partial charge in [-0.15, -0.1) is 0 Å². The molecule has 58 heavy (non-hydrogen) atoms. The van der Waals surface area contributed by atoms with E-state index in [4.69, 9.17) is 0 Å². The first-order valence-corrected chi connectivity index (χ1v) is 25.9. The van der Waals surface area contributed by atoms with Crippen LogP contribution in [0.15, 0.2) is 11.6 Å². The van der Waals surface area contributed by atoms with E-state index in [-0.39, 0.29) is 12.2 Å². The molecule has 0 aromatic heterocycles. The van der Waals surface area contributed by atoms with Gasteiger partial charge in [0, 0.05) is 0 Å². The summed E-state index contributed by atoms with van der Waals surface area (Å²) >= 11 is 0. The van der Waals surface area contributed by atoms with Crippen LogP contribution in [0.5, 0.6) is 0 Å². The van der Waals surface area contributed by atoms with Gasteiger partial charge in [0.05, 0.1) is 23.4 Å². The van der Waals surface area contributed by atoms with Crippen LogP contribution in [-0.2, 0) is 0 Å². The van der Waals surface area contributed by atoms with E-state index in [1.165, 1.54) is 135 Å². The van der Waals surface area contributed by atoms with Crippen molar-refractivity contribution in [1.82, 2.24) is 0 Å². The highest BCUT2D eigenvalue weighted by molar-refractivity contribution is 5.25. The van der Waals surface area contributed by atoms with Crippen molar-refractivity contribution in [3.63, 3.8) is 0 Å². The minimum atomic E-state index is -0.501. The number of aliphatic hydroxyl groups excluding tert-OH is 2. The van der Waals surface area contributed by atoms with Crippen LogP contribution in [0.2, 0.25) is 0 Å². The smallest absolute Gasteiger partial charge is 0.0653 e. The molecule has 8 aliphatic carbocycles. The van der Waals surface area contributed by atoms with E-state index in [0.717, 1.165) is 80.0 Å². The normalized spacial score (nSPS) is 47.7. The molecule has 0 aromatic rings. The summed E-state index contributed by atoms with van der Waals surface area (Å²) in [5.74, 6) is 6.60. The van der Waals surface area contributed by atoms with Crippen LogP contribution in [0.1, 0.15) is 229 Å². The lowest BCUT2D eigenvalue weighted by molar-refractivity contribution is -0.144. The zero-order valence-corrected chi connectivity index (χ0v) is 39.3. The van der Waals surface area contributed by atoms with Gasteiger partial charge in [0.15, 0.2) is 0 Å². The molecule has 0 spiro atoms. The zero-order chi connectivity index (χ0) is 41.7. The molecule has 0 amide bonds. The Kier molecular flexibility index (Phi) is 13.9. The van der Waals surface area contributed by atoms with Crippen molar-refractivity contribution in [3.05, 3.63) is 11.6 Å². The number of hydrogen-bond acceptors (Lipinski definition) is 4. The van der Waals surface area contributed by atoms with E-state index in [2.05, 4.69) is 61.5 Å². The van der Waals surface area contributed by atoms with E-state index in [1.807, 2.05) is 0 Å². The minimum absolute atomic E-state index is 0.0443. The van der Waals surface area contributed by atoms with E-state index in [0.29, 0.717) is 33.5 Å². The summed E-state index contributed by atoms with van der Waals surface area (Å²) in [5, 5.41) is 43.6. The molecule has 7 fully saturated rings. The van der Waals surface area contributed by atoms with Gasteiger partial charge in [-0.05, 0) is 211 Å². The van der Waals surface area contributed by atoms with E-state index in [1.54, 1.807) is 5.57 Å². The van der Waals surface area contributed by atoms with Gasteiger partial charge in [-0.1, -0.05) is 105 Å². The Labute approximate surface area is 358 Å². The third-order valence-corrected chi connectivity index (χ3v) is 21.3. The standard InChI is InChI=1S/C27H48O2.C27H46O2/c2*1-5-6-7-8-15-27(4,29)24-12-11-22-21-10-9-19-18-20(28)13-16-25(19,2)23(21)14-17-26(22,24)3/h19-24,28-29H,5-18H2,1-4H3;9,20-24,28-29H,5-8,10-18H2,1-4H3/t19-,20-,21-,22-,23-,24-,25-,26-,27-;20-,21-,22-,23-,24-,25-,26-,27-/m00/s1. The first-order valence-electron chi connectivity index (χ1n) is 25.9. The Morgan fingerprint density at radius 1 is 0.552 bits per heavy atom. The Bertz CT molecular complexity index is 1400. The van der Waals surface area contributed by atoms with Gasteiger partial charge >= 0.3 is 0 Å². The second-order valence-corrected chi connectivity index (χ2v) is 24.4. The zero-order valence-electron chi connectivity index (χ0n) is 39.3.